The van der Waals surface area contributed by atoms with Gasteiger partial charge in [-0.05, 0) is 0 Å². The lowest BCUT2D eigenvalue weighted by Crippen LogP contribution is -2.14. The number of aromatic nitrogens is 1. The van der Waals surface area contributed by atoms with Crippen molar-refractivity contribution in [2.24, 2.45) is 10.9 Å². The maximum atomic E-state index is 10.8. The monoisotopic (exact) mass is 251 g/mol. The van der Waals surface area contributed by atoms with Crippen LogP contribution >= 0.6 is 11.3 Å². The maximum Gasteiger partial charge on any atom is 0.215 e. The Morgan fingerprint density at radius 3 is 2.67 bits per heavy atom. The fraction of sp³-hybridized carbons (Fsp3) is 0.571. The SMILES string of the molecule is COCc1nc(CS(N)(=O)=O)sc1CN. The summed E-state index contributed by atoms with van der Waals surface area (Å²) in [5, 5.41) is 5.37. The number of hydrogen-bond acceptors (Lipinski definition) is 6. The lowest BCUT2D eigenvalue weighted by Gasteiger charge is -1.95. The highest BCUT2D eigenvalue weighted by atomic mass is 32.2. The topological polar surface area (TPSA) is 108 Å². The van der Waals surface area contributed by atoms with E-state index >= 15 is 0 Å². The predicted molar refractivity (Wildman–Crippen MR) is 57.5 cm³/mol. The molecule has 0 saturated heterocycles. The minimum Gasteiger partial charge on any atom is -0.378 e. The number of methoxy groups -OCH3 is 1. The summed E-state index contributed by atoms with van der Waals surface area (Å²) in [6.45, 7) is 0.647. The van der Waals surface area contributed by atoms with E-state index in [1.54, 1.807) is 7.11 Å². The van der Waals surface area contributed by atoms with E-state index in [1.165, 1.54) is 11.3 Å². The Bertz CT molecular complexity index is 427. The van der Waals surface area contributed by atoms with Crippen LogP contribution in [0.15, 0.2) is 0 Å². The highest BCUT2D eigenvalue weighted by molar-refractivity contribution is 7.88. The predicted octanol–water partition coefficient (Wildman–Crippen LogP) is -0.463. The molecule has 6 nitrogen and oxygen atoms in total. The van der Waals surface area contributed by atoms with Crippen LogP contribution in [0, 0.1) is 0 Å². The lowest BCUT2D eigenvalue weighted by atomic mass is 10.4. The quantitative estimate of drug-likeness (QED) is 0.736. The van der Waals surface area contributed by atoms with Crippen molar-refractivity contribution in [3.63, 3.8) is 0 Å². The molecule has 0 saturated carbocycles. The summed E-state index contributed by atoms with van der Waals surface area (Å²) in [6.07, 6.45) is 0. The van der Waals surface area contributed by atoms with Gasteiger partial charge in [0.15, 0.2) is 0 Å². The standard InChI is InChI=1S/C7H13N3O3S2/c1-13-3-5-6(2-8)14-7(10-5)4-15(9,11)12/h2-4,8H2,1H3,(H2,9,11,12). The van der Waals surface area contributed by atoms with Crippen molar-refractivity contribution in [2.75, 3.05) is 7.11 Å². The molecule has 0 aliphatic carbocycles. The average Bonchev–Trinajstić information content (AvgIpc) is 2.45. The summed E-state index contributed by atoms with van der Waals surface area (Å²) in [4.78, 5) is 4.94. The molecule has 1 aromatic heterocycles. The zero-order valence-corrected chi connectivity index (χ0v) is 9.90. The molecule has 0 aliphatic heterocycles. The third kappa shape index (κ3) is 3.84. The molecule has 0 radical (unpaired) electrons. The molecule has 1 aromatic rings. The molecule has 15 heavy (non-hydrogen) atoms. The summed E-state index contributed by atoms with van der Waals surface area (Å²) >= 11 is 1.25. The number of primary sulfonamides is 1. The molecule has 86 valence electrons. The van der Waals surface area contributed by atoms with E-state index in [0.29, 0.717) is 23.9 Å². The highest BCUT2D eigenvalue weighted by Crippen LogP contribution is 2.20. The fourth-order valence-corrected chi connectivity index (χ4v) is 2.96. The van der Waals surface area contributed by atoms with Gasteiger partial charge in [0.2, 0.25) is 10.0 Å². The van der Waals surface area contributed by atoms with Gasteiger partial charge >= 0.3 is 0 Å². The third-order valence-corrected chi connectivity index (χ3v) is 3.59. The van der Waals surface area contributed by atoms with Gasteiger partial charge in [0.25, 0.3) is 0 Å². The van der Waals surface area contributed by atoms with Gasteiger partial charge in [0.1, 0.15) is 10.8 Å². The Labute approximate surface area is 92.3 Å². The van der Waals surface area contributed by atoms with Crippen LogP contribution in [-0.2, 0) is 33.7 Å². The largest absolute Gasteiger partial charge is 0.378 e. The molecule has 8 heteroatoms. The number of nitrogens with zero attached hydrogens (tertiary/aromatic N) is 1. The summed E-state index contributed by atoms with van der Waals surface area (Å²) < 4.78 is 26.6. The Hall–Kier alpha value is -0.540. The second-order valence-electron chi connectivity index (χ2n) is 2.92. The summed E-state index contributed by atoms with van der Waals surface area (Å²) in [7, 11) is -2.00. The number of ether oxygens (including phenoxy) is 1. The minimum absolute atomic E-state index is 0.256. The molecule has 0 fully saturated rings. The van der Waals surface area contributed by atoms with Crippen LogP contribution < -0.4 is 10.9 Å². The maximum absolute atomic E-state index is 10.8. The van der Waals surface area contributed by atoms with Crippen LogP contribution in [0.5, 0.6) is 0 Å². The smallest absolute Gasteiger partial charge is 0.215 e. The molecule has 4 N–H and O–H groups in total. The molecular weight excluding hydrogens is 238 g/mol. The first-order valence-corrected chi connectivity index (χ1v) is 6.66. The van der Waals surface area contributed by atoms with Gasteiger partial charge in [-0.2, -0.15) is 0 Å². The number of rotatable bonds is 5. The van der Waals surface area contributed by atoms with Crippen molar-refractivity contribution in [1.82, 2.24) is 4.98 Å². The second kappa shape index (κ2) is 4.99. The number of thiazole rings is 1. The van der Waals surface area contributed by atoms with E-state index in [-0.39, 0.29) is 5.75 Å². The van der Waals surface area contributed by atoms with Gasteiger partial charge in [-0.15, -0.1) is 11.3 Å². The van der Waals surface area contributed by atoms with E-state index in [2.05, 4.69) is 4.98 Å². The fourth-order valence-electron chi connectivity index (χ4n) is 1.08. The highest BCUT2D eigenvalue weighted by Gasteiger charge is 2.13. The van der Waals surface area contributed by atoms with Crippen LogP contribution in [-0.4, -0.2) is 20.5 Å². The van der Waals surface area contributed by atoms with Gasteiger partial charge in [0, 0.05) is 18.5 Å². The van der Waals surface area contributed by atoms with Crippen LogP contribution in [0.2, 0.25) is 0 Å². The van der Waals surface area contributed by atoms with E-state index in [0.717, 1.165) is 4.88 Å². The molecule has 0 unspecified atom stereocenters. The van der Waals surface area contributed by atoms with Crippen molar-refractivity contribution in [3.05, 3.63) is 15.6 Å². The van der Waals surface area contributed by atoms with Crippen LogP contribution in [0.4, 0.5) is 0 Å². The lowest BCUT2D eigenvalue weighted by molar-refractivity contribution is 0.181. The van der Waals surface area contributed by atoms with E-state index < -0.39 is 10.0 Å². The van der Waals surface area contributed by atoms with Gasteiger partial charge < -0.3 is 10.5 Å². The molecule has 0 amide bonds. The molecule has 0 atom stereocenters. The van der Waals surface area contributed by atoms with E-state index in [1.807, 2.05) is 0 Å². The molecule has 0 spiro atoms. The minimum atomic E-state index is -3.54. The Morgan fingerprint density at radius 2 is 2.20 bits per heavy atom. The van der Waals surface area contributed by atoms with Gasteiger partial charge in [-0.3, -0.25) is 0 Å². The van der Waals surface area contributed by atoms with Crippen molar-refractivity contribution in [1.29, 1.82) is 0 Å². The zero-order chi connectivity index (χ0) is 11.5. The molecule has 1 heterocycles. The normalized spacial score (nSPS) is 11.9. The number of nitrogens with two attached hydrogens (primary N) is 2. The number of sulfonamides is 1. The Kier molecular flexibility index (Phi) is 4.17. The van der Waals surface area contributed by atoms with E-state index in [4.69, 9.17) is 15.6 Å². The first kappa shape index (κ1) is 12.5. The van der Waals surface area contributed by atoms with Gasteiger partial charge in [-0.1, -0.05) is 0 Å². The Balaban J connectivity index is 2.92. The first-order chi connectivity index (χ1) is 6.96. The van der Waals surface area contributed by atoms with Crippen molar-refractivity contribution in [3.8, 4) is 0 Å². The van der Waals surface area contributed by atoms with Crippen LogP contribution in [0.1, 0.15) is 15.6 Å². The molecule has 1 rings (SSSR count). The average molecular weight is 251 g/mol. The summed E-state index contributed by atoms with van der Waals surface area (Å²) in [5.74, 6) is -0.256. The summed E-state index contributed by atoms with van der Waals surface area (Å²) in [6, 6.07) is 0. The third-order valence-electron chi connectivity index (χ3n) is 1.61. The van der Waals surface area contributed by atoms with Crippen LogP contribution in [0.3, 0.4) is 0 Å². The molecular formula is C7H13N3O3S2. The van der Waals surface area contributed by atoms with Crippen LogP contribution in [0.25, 0.3) is 0 Å². The molecule has 0 bridgehead atoms. The van der Waals surface area contributed by atoms with Crippen molar-refractivity contribution < 1.29 is 13.2 Å². The van der Waals surface area contributed by atoms with Crippen molar-refractivity contribution >= 4 is 21.4 Å². The van der Waals surface area contributed by atoms with Gasteiger partial charge in [0.05, 0.1) is 12.3 Å². The Morgan fingerprint density at radius 1 is 1.53 bits per heavy atom. The molecule has 0 aliphatic rings. The number of hydrogen-bond donors (Lipinski definition) is 2. The van der Waals surface area contributed by atoms with Crippen molar-refractivity contribution in [2.45, 2.75) is 18.9 Å². The van der Waals surface area contributed by atoms with E-state index in [9.17, 15) is 8.42 Å². The molecule has 0 aromatic carbocycles. The summed E-state index contributed by atoms with van der Waals surface area (Å²) in [5.41, 5.74) is 6.18. The van der Waals surface area contributed by atoms with Gasteiger partial charge in [-0.25, -0.2) is 18.5 Å². The first-order valence-electron chi connectivity index (χ1n) is 4.13. The second-order valence-corrected chi connectivity index (χ2v) is 5.70. The zero-order valence-electron chi connectivity index (χ0n) is 8.26.